The number of hydrogen-bond donors (Lipinski definition) is 1. The van der Waals surface area contributed by atoms with Crippen LogP contribution in [-0.2, 0) is 11.3 Å². The van der Waals surface area contributed by atoms with E-state index >= 15 is 0 Å². The van der Waals surface area contributed by atoms with E-state index in [1.165, 1.54) is 12.1 Å². The first-order valence-electron chi connectivity index (χ1n) is 8.55. The molecule has 0 spiro atoms. The summed E-state index contributed by atoms with van der Waals surface area (Å²) in [5.74, 6) is -0.519. The highest BCUT2D eigenvalue weighted by molar-refractivity contribution is 6.30. The molecule has 0 aliphatic heterocycles. The Morgan fingerprint density at radius 3 is 2.54 bits per heavy atom. The van der Waals surface area contributed by atoms with Crippen LogP contribution in [0.3, 0.4) is 0 Å². The lowest BCUT2D eigenvalue weighted by molar-refractivity contribution is -0.131. The van der Waals surface area contributed by atoms with Crippen molar-refractivity contribution in [1.29, 1.82) is 0 Å². The summed E-state index contributed by atoms with van der Waals surface area (Å²) in [7, 11) is 0. The largest absolute Gasteiger partial charge is 0.352 e. The number of carbonyl (C=O) groups excluding carboxylic acids is 2. The SMILES string of the molecule is CCN(Cc1cccc(F)c1)C(=O)CCCNC(=O)c1ccc(Cl)cc1. The third-order valence-electron chi connectivity index (χ3n) is 3.96. The van der Waals surface area contributed by atoms with Crippen molar-refractivity contribution in [3.63, 3.8) is 0 Å². The van der Waals surface area contributed by atoms with E-state index in [-0.39, 0.29) is 17.6 Å². The molecule has 0 fully saturated rings. The summed E-state index contributed by atoms with van der Waals surface area (Å²) >= 11 is 5.79. The van der Waals surface area contributed by atoms with E-state index in [1.807, 2.05) is 6.92 Å². The molecule has 138 valence electrons. The Balaban J connectivity index is 1.76. The van der Waals surface area contributed by atoms with Gasteiger partial charge in [-0.25, -0.2) is 4.39 Å². The normalized spacial score (nSPS) is 10.4. The smallest absolute Gasteiger partial charge is 0.251 e. The molecule has 2 rings (SSSR count). The average Bonchev–Trinajstić information content (AvgIpc) is 2.63. The minimum absolute atomic E-state index is 0.0162. The molecule has 0 saturated carbocycles. The highest BCUT2D eigenvalue weighted by Gasteiger charge is 2.12. The van der Waals surface area contributed by atoms with Crippen LogP contribution in [0.1, 0.15) is 35.7 Å². The first-order valence-corrected chi connectivity index (χ1v) is 8.93. The van der Waals surface area contributed by atoms with Crippen molar-refractivity contribution < 1.29 is 14.0 Å². The molecule has 26 heavy (non-hydrogen) atoms. The van der Waals surface area contributed by atoms with Gasteiger partial charge in [0, 0.05) is 36.6 Å². The second-order valence-corrected chi connectivity index (χ2v) is 6.34. The topological polar surface area (TPSA) is 49.4 Å². The van der Waals surface area contributed by atoms with E-state index in [4.69, 9.17) is 11.6 Å². The van der Waals surface area contributed by atoms with Gasteiger partial charge in [0.2, 0.25) is 5.91 Å². The number of amides is 2. The van der Waals surface area contributed by atoms with Crippen molar-refractivity contribution in [1.82, 2.24) is 10.2 Å². The molecule has 2 aromatic rings. The van der Waals surface area contributed by atoms with Gasteiger partial charge in [-0.3, -0.25) is 9.59 Å². The standard InChI is InChI=1S/C20H22ClFN2O2/c1-2-24(14-15-5-3-6-18(22)13-15)19(25)7-4-12-23-20(26)16-8-10-17(21)11-9-16/h3,5-6,8-11,13H,2,4,7,12,14H2,1H3,(H,23,26). The van der Waals surface area contributed by atoms with Crippen molar-refractivity contribution in [3.05, 3.63) is 70.5 Å². The second-order valence-electron chi connectivity index (χ2n) is 5.90. The zero-order chi connectivity index (χ0) is 18.9. The zero-order valence-corrected chi connectivity index (χ0v) is 15.4. The summed E-state index contributed by atoms with van der Waals surface area (Å²) in [6, 6.07) is 12.9. The number of carbonyl (C=O) groups is 2. The fraction of sp³-hybridized carbons (Fsp3) is 0.300. The molecule has 1 N–H and O–H groups in total. The Hall–Kier alpha value is -2.40. The molecule has 0 aromatic heterocycles. The molecule has 0 atom stereocenters. The third kappa shape index (κ3) is 6.15. The highest BCUT2D eigenvalue weighted by Crippen LogP contribution is 2.10. The number of nitrogens with zero attached hydrogens (tertiary/aromatic N) is 1. The molecule has 2 amide bonds. The lowest BCUT2D eigenvalue weighted by Crippen LogP contribution is -2.31. The van der Waals surface area contributed by atoms with Gasteiger partial charge < -0.3 is 10.2 Å². The average molecular weight is 377 g/mol. The molecule has 4 nitrogen and oxygen atoms in total. The van der Waals surface area contributed by atoms with Gasteiger partial charge in [0.15, 0.2) is 0 Å². The fourth-order valence-electron chi connectivity index (χ4n) is 2.54. The maximum atomic E-state index is 13.3. The molecular formula is C20H22ClFN2O2. The Morgan fingerprint density at radius 1 is 1.15 bits per heavy atom. The lowest BCUT2D eigenvalue weighted by Gasteiger charge is -2.21. The number of hydrogen-bond acceptors (Lipinski definition) is 2. The highest BCUT2D eigenvalue weighted by atomic mass is 35.5. The van der Waals surface area contributed by atoms with Gasteiger partial charge in [0.05, 0.1) is 0 Å². The van der Waals surface area contributed by atoms with Gasteiger partial charge in [0.25, 0.3) is 5.91 Å². The minimum Gasteiger partial charge on any atom is -0.352 e. The molecule has 0 radical (unpaired) electrons. The zero-order valence-electron chi connectivity index (χ0n) is 14.7. The van der Waals surface area contributed by atoms with E-state index in [2.05, 4.69) is 5.32 Å². The monoisotopic (exact) mass is 376 g/mol. The number of rotatable bonds is 8. The van der Waals surface area contributed by atoms with Gasteiger partial charge in [-0.05, 0) is 55.3 Å². The summed E-state index contributed by atoms with van der Waals surface area (Å²) in [5, 5.41) is 3.36. The van der Waals surface area contributed by atoms with E-state index in [0.717, 1.165) is 5.56 Å². The minimum atomic E-state index is -0.309. The van der Waals surface area contributed by atoms with Gasteiger partial charge >= 0.3 is 0 Å². The van der Waals surface area contributed by atoms with Crippen molar-refractivity contribution in [2.45, 2.75) is 26.3 Å². The molecule has 0 unspecified atom stereocenters. The van der Waals surface area contributed by atoms with Gasteiger partial charge in [-0.2, -0.15) is 0 Å². The van der Waals surface area contributed by atoms with Crippen LogP contribution < -0.4 is 5.32 Å². The lowest BCUT2D eigenvalue weighted by atomic mass is 10.2. The number of halogens is 2. The van der Waals surface area contributed by atoms with Crippen LogP contribution in [0, 0.1) is 5.82 Å². The van der Waals surface area contributed by atoms with Crippen molar-refractivity contribution in [3.8, 4) is 0 Å². The predicted octanol–water partition coefficient (Wildman–Crippen LogP) is 4.04. The van der Waals surface area contributed by atoms with E-state index in [9.17, 15) is 14.0 Å². The van der Waals surface area contributed by atoms with Crippen LogP contribution in [0.25, 0.3) is 0 Å². The van der Waals surface area contributed by atoms with E-state index in [0.29, 0.717) is 43.1 Å². The summed E-state index contributed by atoms with van der Waals surface area (Å²) in [6.45, 7) is 3.22. The predicted molar refractivity (Wildman–Crippen MR) is 101 cm³/mol. The quantitative estimate of drug-likeness (QED) is 0.707. The van der Waals surface area contributed by atoms with Crippen LogP contribution in [-0.4, -0.2) is 29.8 Å². The molecule has 2 aromatic carbocycles. The molecule has 0 aliphatic carbocycles. The van der Waals surface area contributed by atoms with Crippen LogP contribution >= 0.6 is 11.6 Å². The molecule has 0 aliphatic rings. The summed E-state index contributed by atoms with van der Waals surface area (Å²) < 4.78 is 13.3. The summed E-state index contributed by atoms with van der Waals surface area (Å²) in [6.07, 6.45) is 0.863. The molecule has 0 saturated heterocycles. The van der Waals surface area contributed by atoms with Gasteiger partial charge in [0.1, 0.15) is 5.82 Å². The molecular weight excluding hydrogens is 355 g/mol. The first kappa shape index (κ1) is 19.9. The Bertz CT molecular complexity index is 750. The fourth-order valence-corrected chi connectivity index (χ4v) is 2.66. The first-order chi connectivity index (χ1) is 12.5. The Morgan fingerprint density at radius 2 is 1.88 bits per heavy atom. The molecule has 6 heteroatoms. The summed E-state index contributed by atoms with van der Waals surface area (Å²) in [5.41, 5.74) is 1.29. The van der Waals surface area contributed by atoms with Crippen molar-refractivity contribution in [2.75, 3.05) is 13.1 Å². The molecule has 0 heterocycles. The second kappa shape index (κ2) is 9.92. The van der Waals surface area contributed by atoms with Crippen LogP contribution in [0.15, 0.2) is 48.5 Å². The van der Waals surface area contributed by atoms with E-state index in [1.54, 1.807) is 41.3 Å². The van der Waals surface area contributed by atoms with Gasteiger partial charge in [-0.1, -0.05) is 23.7 Å². The Kier molecular flexibility index (Phi) is 7.60. The van der Waals surface area contributed by atoms with E-state index < -0.39 is 0 Å². The maximum absolute atomic E-state index is 13.3. The summed E-state index contributed by atoms with van der Waals surface area (Å²) in [4.78, 5) is 26.0. The third-order valence-corrected chi connectivity index (χ3v) is 4.21. The maximum Gasteiger partial charge on any atom is 0.251 e. The van der Waals surface area contributed by atoms with Crippen LogP contribution in [0.2, 0.25) is 5.02 Å². The van der Waals surface area contributed by atoms with Crippen LogP contribution in [0.4, 0.5) is 4.39 Å². The van der Waals surface area contributed by atoms with Gasteiger partial charge in [-0.15, -0.1) is 0 Å². The molecule has 0 bridgehead atoms. The van der Waals surface area contributed by atoms with Crippen LogP contribution in [0.5, 0.6) is 0 Å². The van der Waals surface area contributed by atoms with Crippen molar-refractivity contribution >= 4 is 23.4 Å². The van der Waals surface area contributed by atoms with Crippen molar-refractivity contribution in [2.24, 2.45) is 0 Å². The number of nitrogens with one attached hydrogen (secondary N) is 1. The number of benzene rings is 2. The Labute approximate surface area is 158 Å².